The minimum atomic E-state index is -0.605. The van der Waals surface area contributed by atoms with Crippen molar-refractivity contribution >= 4 is 23.4 Å². The molecule has 0 saturated carbocycles. The molecule has 2 aromatic carbocycles. The van der Waals surface area contributed by atoms with Crippen LogP contribution in [0.3, 0.4) is 0 Å². The Labute approximate surface area is 165 Å². The molecule has 2 unspecified atom stereocenters. The lowest BCUT2D eigenvalue weighted by atomic mass is 10.1. The Morgan fingerprint density at radius 3 is 2.33 bits per heavy atom. The van der Waals surface area contributed by atoms with Crippen molar-refractivity contribution in [1.82, 2.24) is 0 Å². The highest BCUT2D eigenvalue weighted by atomic mass is 32.2. The van der Waals surface area contributed by atoms with Crippen molar-refractivity contribution in [2.75, 3.05) is 25.3 Å². The number of carbonyl (C=O) groups excluding carboxylic acids is 1. The van der Waals surface area contributed by atoms with Crippen LogP contribution in [0.4, 0.5) is 5.69 Å². The van der Waals surface area contributed by atoms with Crippen molar-refractivity contribution in [1.29, 1.82) is 0 Å². The van der Waals surface area contributed by atoms with Gasteiger partial charge in [-0.1, -0.05) is 44.2 Å². The number of nitrogens with one attached hydrogen (secondary N) is 1. The molecule has 27 heavy (non-hydrogen) atoms. The average molecular weight is 390 g/mol. The molecule has 0 aliphatic rings. The van der Waals surface area contributed by atoms with Crippen molar-refractivity contribution < 1.29 is 19.4 Å². The number of anilines is 1. The fourth-order valence-corrected chi connectivity index (χ4v) is 3.84. The van der Waals surface area contributed by atoms with Crippen LogP contribution in [0.2, 0.25) is 0 Å². The molecule has 0 radical (unpaired) electrons. The molecule has 0 fully saturated rings. The second-order valence-corrected chi connectivity index (χ2v) is 7.66. The number of aliphatic hydroxyl groups excluding tert-OH is 1. The number of benzene rings is 2. The lowest BCUT2D eigenvalue weighted by molar-refractivity contribution is -0.116. The Balaban J connectivity index is 2.02. The fraction of sp³-hybridized carbons (Fsp3) is 0.381. The predicted octanol–water partition coefficient (Wildman–Crippen LogP) is 4.13. The first kappa shape index (κ1) is 21.1. The smallest absolute Gasteiger partial charge is 0.237 e. The van der Waals surface area contributed by atoms with Gasteiger partial charge in [0.1, 0.15) is 0 Å². The van der Waals surface area contributed by atoms with Crippen molar-refractivity contribution in [3.8, 4) is 11.5 Å². The molecule has 2 aromatic rings. The summed E-state index contributed by atoms with van der Waals surface area (Å²) in [5.41, 5.74) is 1.50. The fourth-order valence-electron chi connectivity index (χ4n) is 2.66. The number of carbonyl (C=O) groups is 1. The Hall–Kier alpha value is -2.18. The van der Waals surface area contributed by atoms with Gasteiger partial charge in [-0.25, -0.2) is 0 Å². The van der Waals surface area contributed by atoms with Gasteiger partial charge < -0.3 is 19.9 Å². The predicted molar refractivity (Wildman–Crippen MR) is 111 cm³/mol. The summed E-state index contributed by atoms with van der Waals surface area (Å²) >= 11 is 1.46. The molecule has 0 saturated heterocycles. The Bertz CT molecular complexity index is 736. The van der Waals surface area contributed by atoms with E-state index in [-0.39, 0.29) is 17.1 Å². The highest BCUT2D eigenvalue weighted by Crippen LogP contribution is 2.31. The molecule has 0 bridgehead atoms. The summed E-state index contributed by atoms with van der Waals surface area (Å²) in [5, 5.41) is 13.0. The molecule has 2 atom stereocenters. The van der Waals surface area contributed by atoms with E-state index in [1.165, 1.54) is 11.8 Å². The van der Waals surface area contributed by atoms with Gasteiger partial charge >= 0.3 is 0 Å². The molecule has 5 nitrogen and oxygen atoms in total. The van der Waals surface area contributed by atoms with Crippen LogP contribution in [-0.2, 0) is 4.79 Å². The second-order valence-electron chi connectivity index (χ2n) is 6.48. The molecule has 0 heterocycles. The van der Waals surface area contributed by atoms with Crippen LogP contribution >= 0.6 is 11.8 Å². The third-order valence-electron chi connectivity index (χ3n) is 4.13. The number of rotatable bonds is 9. The normalized spacial score (nSPS) is 13.1. The van der Waals surface area contributed by atoms with Gasteiger partial charge in [0.25, 0.3) is 0 Å². The molecule has 1 amide bonds. The van der Waals surface area contributed by atoms with E-state index in [2.05, 4.69) is 5.32 Å². The zero-order valence-corrected chi connectivity index (χ0v) is 17.0. The minimum Gasteiger partial charge on any atom is -0.493 e. The number of ether oxygens (including phenoxy) is 2. The van der Waals surface area contributed by atoms with Gasteiger partial charge in [-0.05, 0) is 23.6 Å². The quantitative estimate of drug-likeness (QED) is 0.675. The van der Waals surface area contributed by atoms with E-state index in [1.807, 2.05) is 44.2 Å². The lowest BCUT2D eigenvalue weighted by Crippen LogP contribution is -2.30. The Morgan fingerprint density at radius 2 is 1.74 bits per heavy atom. The van der Waals surface area contributed by atoms with Crippen LogP contribution in [-0.4, -0.2) is 36.2 Å². The number of hydrogen-bond acceptors (Lipinski definition) is 5. The van der Waals surface area contributed by atoms with Gasteiger partial charge in [0.05, 0.1) is 25.6 Å². The number of amides is 1. The van der Waals surface area contributed by atoms with Crippen LogP contribution in [0.5, 0.6) is 11.5 Å². The van der Waals surface area contributed by atoms with Crippen molar-refractivity contribution in [3.05, 3.63) is 54.1 Å². The molecule has 0 aromatic heterocycles. The van der Waals surface area contributed by atoms with E-state index >= 15 is 0 Å². The molecule has 0 spiro atoms. The highest BCUT2D eigenvalue weighted by molar-refractivity contribution is 8.00. The maximum absolute atomic E-state index is 12.8. The van der Waals surface area contributed by atoms with E-state index in [9.17, 15) is 9.90 Å². The summed E-state index contributed by atoms with van der Waals surface area (Å²) < 4.78 is 10.5. The topological polar surface area (TPSA) is 67.8 Å². The summed E-state index contributed by atoms with van der Waals surface area (Å²) in [6.07, 6.45) is -0.605. The maximum Gasteiger partial charge on any atom is 0.237 e. The number of aliphatic hydroxyl groups is 1. The van der Waals surface area contributed by atoms with E-state index in [0.29, 0.717) is 22.9 Å². The molecule has 0 aliphatic heterocycles. The van der Waals surface area contributed by atoms with Crippen molar-refractivity contribution in [3.63, 3.8) is 0 Å². The van der Waals surface area contributed by atoms with Crippen LogP contribution in [0.15, 0.2) is 48.5 Å². The van der Waals surface area contributed by atoms with Crippen LogP contribution < -0.4 is 14.8 Å². The highest BCUT2D eigenvalue weighted by Gasteiger charge is 2.24. The first-order valence-electron chi connectivity index (χ1n) is 8.83. The van der Waals surface area contributed by atoms with Gasteiger partial charge in [-0.2, -0.15) is 0 Å². The summed E-state index contributed by atoms with van der Waals surface area (Å²) in [6, 6.07) is 14.7. The maximum atomic E-state index is 12.8. The van der Waals surface area contributed by atoms with E-state index in [4.69, 9.17) is 9.47 Å². The lowest BCUT2D eigenvalue weighted by Gasteiger charge is -2.22. The van der Waals surface area contributed by atoms with Crippen molar-refractivity contribution in [2.45, 2.75) is 25.2 Å². The van der Waals surface area contributed by atoms with Gasteiger partial charge in [-0.3, -0.25) is 4.79 Å². The summed E-state index contributed by atoms with van der Waals surface area (Å²) in [6.45, 7) is 4.00. The molecule has 146 valence electrons. The number of hydrogen-bond donors (Lipinski definition) is 2. The molecule has 6 heteroatoms. The van der Waals surface area contributed by atoms with E-state index in [0.717, 1.165) is 5.56 Å². The molecular weight excluding hydrogens is 362 g/mol. The number of methoxy groups -OCH3 is 2. The zero-order valence-electron chi connectivity index (χ0n) is 16.1. The Morgan fingerprint density at radius 1 is 1.07 bits per heavy atom. The Kier molecular flexibility index (Phi) is 8.00. The van der Waals surface area contributed by atoms with Crippen LogP contribution in [0, 0.1) is 5.92 Å². The summed E-state index contributed by atoms with van der Waals surface area (Å²) in [7, 11) is 3.13. The largest absolute Gasteiger partial charge is 0.493 e. The molecule has 2 N–H and O–H groups in total. The first-order valence-corrected chi connectivity index (χ1v) is 9.88. The standard InChI is InChI=1S/C21H27NO4S/c1-14(2)20(27-13-17(23)15-8-6-5-7-9-15)21(24)22-16-10-11-18(25-3)19(12-16)26-4/h5-12,14,17,20,23H,13H2,1-4H3,(H,22,24). The van der Waals surface area contributed by atoms with E-state index < -0.39 is 6.10 Å². The summed E-state index contributed by atoms with van der Waals surface area (Å²) in [4.78, 5) is 12.8. The van der Waals surface area contributed by atoms with Crippen LogP contribution in [0.25, 0.3) is 0 Å². The SMILES string of the molecule is COc1ccc(NC(=O)C(SCC(O)c2ccccc2)C(C)C)cc1OC. The van der Waals surface area contributed by atoms with Crippen LogP contribution in [0.1, 0.15) is 25.5 Å². The van der Waals surface area contributed by atoms with Gasteiger partial charge in [-0.15, -0.1) is 11.8 Å². The molecule has 2 rings (SSSR count). The van der Waals surface area contributed by atoms with E-state index in [1.54, 1.807) is 32.4 Å². The first-order chi connectivity index (χ1) is 13.0. The van der Waals surface area contributed by atoms with Crippen molar-refractivity contribution in [2.24, 2.45) is 5.92 Å². The average Bonchev–Trinajstić information content (AvgIpc) is 2.68. The van der Waals surface area contributed by atoms with Gasteiger partial charge in [0.2, 0.25) is 5.91 Å². The van der Waals surface area contributed by atoms with Gasteiger partial charge in [0.15, 0.2) is 11.5 Å². The summed E-state index contributed by atoms with van der Waals surface area (Å²) in [5.74, 6) is 1.65. The molecule has 0 aliphatic carbocycles. The second kappa shape index (κ2) is 10.2. The minimum absolute atomic E-state index is 0.0949. The third-order valence-corrected chi connectivity index (χ3v) is 5.76. The third kappa shape index (κ3) is 5.91. The number of thioether (sulfide) groups is 1. The van der Waals surface area contributed by atoms with Gasteiger partial charge in [0, 0.05) is 17.5 Å². The zero-order chi connectivity index (χ0) is 19.8. The monoisotopic (exact) mass is 389 g/mol. The molecular formula is C21H27NO4S.